The zero-order valence-electron chi connectivity index (χ0n) is 17.6. The highest BCUT2D eigenvalue weighted by Crippen LogP contribution is 2.31. The normalized spacial score (nSPS) is 14.5. The molecule has 12 heteroatoms. The third-order valence-corrected chi connectivity index (χ3v) is 7.18. The van der Waals surface area contributed by atoms with Crippen LogP contribution in [0.4, 0.5) is 14.5 Å². The average molecular weight is 503 g/mol. The van der Waals surface area contributed by atoms with E-state index in [2.05, 4.69) is 5.32 Å². The number of halogens is 3. The van der Waals surface area contributed by atoms with Gasteiger partial charge in [0.15, 0.2) is 18.2 Å². The summed E-state index contributed by atoms with van der Waals surface area (Å²) in [5, 5.41) is 2.06. The van der Waals surface area contributed by atoms with E-state index in [1.54, 1.807) is 0 Å². The molecule has 1 amide bonds. The summed E-state index contributed by atoms with van der Waals surface area (Å²) in [5.74, 6) is -4.32. The summed E-state index contributed by atoms with van der Waals surface area (Å²) < 4.78 is 63.9. The molecule has 0 atom stereocenters. The minimum Gasteiger partial charge on any atom is -0.495 e. The molecule has 2 aromatic rings. The number of hydrogen-bond acceptors (Lipinski definition) is 6. The number of carbonyl (C=O) groups is 2. The van der Waals surface area contributed by atoms with Crippen LogP contribution >= 0.6 is 11.6 Å². The van der Waals surface area contributed by atoms with Crippen LogP contribution in [0.5, 0.6) is 5.75 Å². The van der Waals surface area contributed by atoms with Crippen LogP contribution in [-0.2, 0) is 19.6 Å². The van der Waals surface area contributed by atoms with Gasteiger partial charge in [-0.25, -0.2) is 22.0 Å². The number of carbonyl (C=O) groups excluding carboxylic acids is 2. The molecule has 0 aliphatic carbocycles. The lowest BCUT2D eigenvalue weighted by molar-refractivity contribution is -0.119. The molecule has 2 aromatic carbocycles. The van der Waals surface area contributed by atoms with Crippen LogP contribution in [0.3, 0.4) is 0 Å². The Morgan fingerprint density at radius 1 is 1.09 bits per heavy atom. The van der Waals surface area contributed by atoms with Crippen LogP contribution in [0.2, 0.25) is 5.02 Å². The van der Waals surface area contributed by atoms with Crippen molar-refractivity contribution in [3.05, 3.63) is 52.6 Å². The number of piperidine rings is 1. The molecule has 0 spiro atoms. The number of benzene rings is 2. The average Bonchev–Trinajstić information content (AvgIpc) is 2.80. The second kappa shape index (κ2) is 10.4. The zero-order chi connectivity index (χ0) is 24.2. The Labute approximate surface area is 194 Å². The maximum atomic E-state index is 13.4. The minimum absolute atomic E-state index is 0.102. The molecule has 1 fully saturated rings. The van der Waals surface area contributed by atoms with Gasteiger partial charge in [-0.2, -0.15) is 4.31 Å². The van der Waals surface area contributed by atoms with Gasteiger partial charge in [0.1, 0.15) is 10.6 Å². The Bertz CT molecular complexity index is 1170. The first-order valence-electron chi connectivity index (χ1n) is 9.93. The number of sulfonamides is 1. The largest absolute Gasteiger partial charge is 0.495 e. The number of methoxy groups -OCH3 is 1. The highest BCUT2D eigenvalue weighted by molar-refractivity contribution is 7.89. The predicted molar refractivity (Wildman–Crippen MR) is 116 cm³/mol. The van der Waals surface area contributed by atoms with E-state index in [-0.39, 0.29) is 21.4 Å². The number of hydrogen-bond donors (Lipinski definition) is 1. The van der Waals surface area contributed by atoms with E-state index >= 15 is 0 Å². The Kier molecular flexibility index (Phi) is 7.88. The fourth-order valence-corrected chi connectivity index (χ4v) is 5.21. The van der Waals surface area contributed by atoms with Gasteiger partial charge in [-0.3, -0.25) is 4.79 Å². The number of nitrogens with zero attached hydrogens (tertiary/aromatic N) is 1. The molecular weight excluding hydrogens is 482 g/mol. The van der Waals surface area contributed by atoms with Gasteiger partial charge in [-0.15, -0.1) is 0 Å². The highest BCUT2D eigenvalue weighted by Gasteiger charge is 2.29. The summed E-state index contributed by atoms with van der Waals surface area (Å²) in [6, 6.07) is 5.28. The molecule has 1 heterocycles. The van der Waals surface area contributed by atoms with Crippen molar-refractivity contribution < 1.29 is 36.3 Å². The minimum atomic E-state index is -3.85. The first-order chi connectivity index (χ1) is 15.6. The summed E-state index contributed by atoms with van der Waals surface area (Å²) >= 11 is 5.71. The van der Waals surface area contributed by atoms with Gasteiger partial charge in [-0.1, -0.05) is 18.0 Å². The fourth-order valence-electron chi connectivity index (χ4n) is 3.29. The van der Waals surface area contributed by atoms with Crippen molar-refractivity contribution in [1.82, 2.24) is 4.31 Å². The second-order valence-corrected chi connectivity index (χ2v) is 9.51. The molecule has 1 aliphatic rings. The predicted octanol–water partition coefficient (Wildman–Crippen LogP) is 3.60. The maximum absolute atomic E-state index is 13.4. The van der Waals surface area contributed by atoms with Crippen LogP contribution in [0.15, 0.2) is 35.2 Å². The third-order valence-electron chi connectivity index (χ3n) is 4.94. The first-order valence-corrected chi connectivity index (χ1v) is 11.7. The Morgan fingerprint density at radius 2 is 1.76 bits per heavy atom. The van der Waals surface area contributed by atoms with E-state index in [1.165, 1.54) is 29.6 Å². The molecule has 0 aromatic heterocycles. The van der Waals surface area contributed by atoms with E-state index in [4.69, 9.17) is 21.1 Å². The highest BCUT2D eigenvalue weighted by atomic mass is 35.5. The number of esters is 1. The van der Waals surface area contributed by atoms with Gasteiger partial charge in [0.25, 0.3) is 5.91 Å². The number of anilines is 1. The number of rotatable bonds is 7. The van der Waals surface area contributed by atoms with Crippen LogP contribution in [0, 0.1) is 11.6 Å². The molecule has 33 heavy (non-hydrogen) atoms. The van der Waals surface area contributed by atoms with E-state index in [0.29, 0.717) is 25.2 Å². The van der Waals surface area contributed by atoms with Crippen LogP contribution in [-0.4, -0.2) is 51.4 Å². The van der Waals surface area contributed by atoms with E-state index in [9.17, 15) is 26.8 Å². The molecule has 0 unspecified atom stereocenters. The fraction of sp³-hybridized carbons (Fsp3) is 0.333. The molecule has 178 valence electrons. The topological polar surface area (TPSA) is 102 Å². The molecular formula is C21H21ClF2N2O6S. The van der Waals surface area contributed by atoms with Crippen molar-refractivity contribution in [1.29, 1.82) is 0 Å². The van der Waals surface area contributed by atoms with Gasteiger partial charge in [0, 0.05) is 18.8 Å². The van der Waals surface area contributed by atoms with Gasteiger partial charge in [0.05, 0.1) is 17.7 Å². The van der Waals surface area contributed by atoms with E-state index in [1.807, 2.05) is 0 Å². The third kappa shape index (κ3) is 5.79. The summed E-state index contributed by atoms with van der Waals surface area (Å²) in [5.41, 5.74) is -0.305. The lowest BCUT2D eigenvalue weighted by Crippen LogP contribution is -2.35. The molecule has 8 nitrogen and oxygen atoms in total. The van der Waals surface area contributed by atoms with E-state index < -0.39 is 45.7 Å². The Balaban J connectivity index is 1.70. The molecule has 0 saturated carbocycles. The van der Waals surface area contributed by atoms with Crippen molar-refractivity contribution in [2.75, 3.05) is 32.1 Å². The van der Waals surface area contributed by atoms with Gasteiger partial charge >= 0.3 is 5.97 Å². The van der Waals surface area contributed by atoms with Gasteiger partial charge < -0.3 is 14.8 Å². The quantitative estimate of drug-likeness (QED) is 0.458. The van der Waals surface area contributed by atoms with Crippen molar-refractivity contribution in [3.63, 3.8) is 0 Å². The molecule has 3 rings (SSSR count). The van der Waals surface area contributed by atoms with Crippen LogP contribution < -0.4 is 10.1 Å². The van der Waals surface area contributed by atoms with Gasteiger partial charge in [0.2, 0.25) is 10.0 Å². The molecule has 1 saturated heterocycles. The standard InChI is InChI=1S/C21H21ClF2N2O6S/c1-31-18-6-5-13(9-19(18)33(29,30)26-7-3-2-4-8-26)25-20(27)12-32-21(28)14-10-16(23)17(24)11-15(14)22/h5-6,9-11H,2-4,7-8,12H2,1H3,(H,25,27). The van der Waals surface area contributed by atoms with E-state index in [0.717, 1.165) is 19.3 Å². The molecule has 1 N–H and O–H groups in total. The first kappa shape index (κ1) is 24.9. The van der Waals surface area contributed by atoms with Crippen molar-refractivity contribution in [2.45, 2.75) is 24.2 Å². The van der Waals surface area contributed by atoms with Gasteiger partial charge in [-0.05, 0) is 43.2 Å². The Morgan fingerprint density at radius 3 is 2.42 bits per heavy atom. The summed E-state index contributed by atoms with van der Waals surface area (Å²) in [6.07, 6.45) is 2.46. The Hall–Kier alpha value is -2.76. The van der Waals surface area contributed by atoms with Crippen molar-refractivity contribution in [3.8, 4) is 5.75 Å². The molecule has 1 aliphatic heterocycles. The number of amides is 1. The van der Waals surface area contributed by atoms with Crippen LogP contribution in [0.1, 0.15) is 29.6 Å². The monoisotopic (exact) mass is 502 g/mol. The second-order valence-electron chi connectivity index (χ2n) is 7.20. The lowest BCUT2D eigenvalue weighted by Gasteiger charge is -2.26. The maximum Gasteiger partial charge on any atom is 0.340 e. The number of nitrogens with one attached hydrogen (secondary N) is 1. The molecule has 0 radical (unpaired) electrons. The smallest absolute Gasteiger partial charge is 0.340 e. The van der Waals surface area contributed by atoms with Crippen molar-refractivity contribution in [2.24, 2.45) is 0 Å². The zero-order valence-corrected chi connectivity index (χ0v) is 19.1. The summed E-state index contributed by atoms with van der Waals surface area (Å²) in [6.45, 7) is 0.0174. The lowest BCUT2D eigenvalue weighted by atomic mass is 10.2. The number of ether oxygens (including phenoxy) is 2. The molecule has 0 bridgehead atoms. The van der Waals surface area contributed by atoms with Crippen molar-refractivity contribution >= 4 is 39.2 Å². The summed E-state index contributed by atoms with van der Waals surface area (Å²) in [4.78, 5) is 24.2. The summed E-state index contributed by atoms with van der Waals surface area (Å²) in [7, 11) is -2.51. The van der Waals surface area contributed by atoms with Crippen LogP contribution in [0.25, 0.3) is 0 Å². The SMILES string of the molecule is COc1ccc(NC(=O)COC(=O)c2cc(F)c(F)cc2Cl)cc1S(=O)(=O)N1CCCCC1.